The molecule has 0 unspecified atom stereocenters. The lowest BCUT2D eigenvalue weighted by molar-refractivity contribution is -0.130. The quantitative estimate of drug-likeness (QED) is 0.179. The van der Waals surface area contributed by atoms with E-state index in [0.717, 1.165) is 64.2 Å². The Kier molecular flexibility index (Phi) is 10.3. The van der Waals surface area contributed by atoms with Gasteiger partial charge in [0, 0.05) is 59.9 Å². The van der Waals surface area contributed by atoms with Gasteiger partial charge in [0.05, 0.1) is 16.8 Å². The predicted octanol–water partition coefficient (Wildman–Crippen LogP) is 5.66. The van der Waals surface area contributed by atoms with E-state index in [1.807, 2.05) is 18.7 Å². The van der Waals surface area contributed by atoms with Crippen molar-refractivity contribution >= 4 is 34.9 Å². The van der Waals surface area contributed by atoms with Gasteiger partial charge < -0.3 is 30.1 Å². The fourth-order valence-corrected chi connectivity index (χ4v) is 7.47. The van der Waals surface area contributed by atoms with Crippen molar-refractivity contribution in [3.63, 3.8) is 0 Å². The molecule has 2 saturated heterocycles. The molecule has 0 radical (unpaired) electrons. The molecule has 12 heteroatoms. The van der Waals surface area contributed by atoms with Gasteiger partial charge >= 0.3 is 0 Å². The third kappa shape index (κ3) is 7.32. The summed E-state index contributed by atoms with van der Waals surface area (Å²) in [5.41, 5.74) is 1.48. The van der Waals surface area contributed by atoms with Gasteiger partial charge in [-0.05, 0) is 96.3 Å². The molecule has 258 valence electrons. The van der Waals surface area contributed by atoms with E-state index in [1.165, 1.54) is 18.2 Å². The van der Waals surface area contributed by atoms with Gasteiger partial charge in [-0.15, -0.1) is 0 Å². The van der Waals surface area contributed by atoms with E-state index in [4.69, 9.17) is 16.3 Å². The van der Waals surface area contributed by atoms with E-state index >= 15 is 4.39 Å². The Morgan fingerprint density at radius 1 is 1.10 bits per heavy atom. The summed E-state index contributed by atoms with van der Waals surface area (Å²) in [5.74, 6) is -0.742. The van der Waals surface area contributed by atoms with Crippen molar-refractivity contribution in [2.24, 2.45) is 5.92 Å². The molecule has 1 aliphatic carbocycles. The van der Waals surface area contributed by atoms with Crippen LogP contribution in [0.25, 0.3) is 11.1 Å². The Morgan fingerprint density at radius 2 is 1.81 bits per heavy atom. The number of anilines is 1. The van der Waals surface area contributed by atoms with Crippen LogP contribution in [0.15, 0.2) is 36.9 Å². The Hall–Kier alpha value is -3.70. The molecule has 3 N–H and O–H groups in total. The molecule has 1 saturated carbocycles. The maximum absolute atomic E-state index is 15.1. The number of fused-ring (bicyclic) bond motifs is 1. The first kappa shape index (κ1) is 34.2. The summed E-state index contributed by atoms with van der Waals surface area (Å²) >= 11 is 6.83. The number of carbonyl (C=O) groups excluding carboxylic acids is 2. The molecule has 9 nitrogen and oxygen atoms in total. The monoisotopic (exact) mass is 682 g/mol. The van der Waals surface area contributed by atoms with Crippen LogP contribution in [0, 0.1) is 23.0 Å². The van der Waals surface area contributed by atoms with Crippen LogP contribution in [0.5, 0.6) is 5.75 Å². The number of likely N-dealkylation sites (tertiary alicyclic amines) is 1. The molecule has 2 aromatic carbocycles. The van der Waals surface area contributed by atoms with E-state index in [1.54, 1.807) is 11.0 Å². The number of piperazine rings is 1. The fraction of sp³-hybridized carbons (Fsp3) is 0.528. The van der Waals surface area contributed by atoms with Gasteiger partial charge in [0.2, 0.25) is 11.8 Å². The van der Waals surface area contributed by atoms with Crippen LogP contribution in [0.2, 0.25) is 5.02 Å². The van der Waals surface area contributed by atoms with Crippen molar-refractivity contribution in [2.75, 3.05) is 44.6 Å². The van der Waals surface area contributed by atoms with Crippen molar-refractivity contribution in [1.29, 1.82) is 5.41 Å². The number of halogens is 3. The summed E-state index contributed by atoms with van der Waals surface area (Å²) in [4.78, 5) is 31.0. The molecule has 4 aliphatic rings. The topological polar surface area (TPSA) is 101 Å². The van der Waals surface area contributed by atoms with Gasteiger partial charge in [-0.1, -0.05) is 18.2 Å². The van der Waals surface area contributed by atoms with Crippen molar-refractivity contribution < 1.29 is 23.1 Å². The second kappa shape index (κ2) is 14.4. The number of hydrogen-bond acceptors (Lipinski definition) is 6. The molecular weight excluding hydrogens is 638 g/mol. The Bertz CT molecular complexity index is 1580. The summed E-state index contributed by atoms with van der Waals surface area (Å²) < 4.78 is 35.3. The number of amides is 2. The number of rotatable bonds is 9. The Labute approximate surface area is 286 Å². The second-order valence-electron chi connectivity index (χ2n) is 13.7. The first-order chi connectivity index (χ1) is 23.0. The van der Waals surface area contributed by atoms with E-state index in [0.29, 0.717) is 48.3 Å². The first-order valence-corrected chi connectivity index (χ1v) is 17.4. The van der Waals surface area contributed by atoms with Crippen LogP contribution < -0.4 is 15.4 Å². The molecule has 3 fully saturated rings. The maximum Gasteiger partial charge on any atom is 0.246 e. The SMILES string of the molecule is C=CC(=O)N1C[C@H](C)N(C(=N)c2cc(Cl)c(-c3ccc(F)cc3F)c3c2N[C@H](CCCN2CCC(C(=O)NC4CC4)CC2)CO3)C[C@H]1C. The standard InChI is InChI=1S/C36H45ClF2N6O3/c1-4-31(46)44-18-22(3)45(19-21(44)2)35(40)28-17-29(37)32(27-10-7-24(38)16-30(27)39)34-33(28)41-26(20-48-34)6-5-13-43-14-11-23(12-15-43)36(47)42-25-8-9-25/h4,7,10,16-17,21-23,25-26,40-41H,1,5-6,8-9,11-15,18-20H2,2-3H3,(H,42,47)/t21-,22+,26-/m1/s1. The molecule has 48 heavy (non-hydrogen) atoms. The maximum atomic E-state index is 15.1. The first-order valence-electron chi connectivity index (χ1n) is 17.1. The van der Waals surface area contributed by atoms with E-state index in [9.17, 15) is 19.4 Å². The van der Waals surface area contributed by atoms with Crippen molar-refractivity contribution in [2.45, 2.75) is 76.5 Å². The lowest BCUT2D eigenvalue weighted by Gasteiger charge is -2.45. The molecule has 2 aromatic rings. The molecular formula is C36H45ClF2N6O3. The zero-order chi connectivity index (χ0) is 34.1. The van der Waals surface area contributed by atoms with Crippen LogP contribution in [0.1, 0.15) is 57.9 Å². The number of hydrogen-bond donors (Lipinski definition) is 3. The number of ether oxygens (including phenoxy) is 1. The predicted molar refractivity (Wildman–Crippen MR) is 184 cm³/mol. The second-order valence-corrected chi connectivity index (χ2v) is 14.1. The molecule has 3 aliphatic heterocycles. The van der Waals surface area contributed by atoms with Crippen molar-refractivity contribution in [3.8, 4) is 16.9 Å². The van der Waals surface area contributed by atoms with Gasteiger partial charge in [0.15, 0.2) is 5.75 Å². The molecule has 0 aromatic heterocycles. The van der Waals surface area contributed by atoms with Crippen molar-refractivity contribution in [3.05, 3.63) is 59.1 Å². The van der Waals surface area contributed by atoms with E-state index in [2.05, 4.69) is 22.1 Å². The molecule has 6 rings (SSSR count). The molecule has 3 heterocycles. The average molecular weight is 683 g/mol. The van der Waals surface area contributed by atoms with E-state index < -0.39 is 11.6 Å². The number of amidine groups is 1. The highest BCUT2D eigenvalue weighted by atomic mass is 35.5. The summed E-state index contributed by atoms with van der Waals surface area (Å²) in [6, 6.07) is 5.02. The smallest absolute Gasteiger partial charge is 0.246 e. The van der Waals surface area contributed by atoms with Gasteiger partial charge in [-0.25, -0.2) is 8.78 Å². The summed E-state index contributed by atoms with van der Waals surface area (Å²) in [5, 5.41) is 16.3. The van der Waals surface area contributed by atoms with Crippen LogP contribution in [-0.2, 0) is 9.59 Å². The highest BCUT2D eigenvalue weighted by Gasteiger charge is 2.36. The Balaban J connectivity index is 1.19. The Morgan fingerprint density at radius 3 is 2.50 bits per heavy atom. The zero-order valence-corrected chi connectivity index (χ0v) is 28.4. The lowest BCUT2D eigenvalue weighted by atomic mass is 9.95. The fourth-order valence-electron chi connectivity index (χ4n) is 7.17. The third-order valence-electron chi connectivity index (χ3n) is 10.1. The number of piperidine rings is 1. The molecule has 3 atom stereocenters. The van der Waals surface area contributed by atoms with Gasteiger partial charge in [0.25, 0.3) is 0 Å². The minimum atomic E-state index is -0.758. The van der Waals surface area contributed by atoms with Crippen LogP contribution in [0.4, 0.5) is 14.5 Å². The number of carbonyl (C=O) groups is 2. The number of nitrogens with zero attached hydrogens (tertiary/aromatic N) is 3. The van der Waals surface area contributed by atoms with Crippen LogP contribution in [-0.4, -0.2) is 95.8 Å². The molecule has 2 amide bonds. The summed E-state index contributed by atoms with van der Waals surface area (Å²) in [6.07, 6.45) is 6.96. The van der Waals surface area contributed by atoms with Crippen molar-refractivity contribution in [1.82, 2.24) is 20.0 Å². The molecule has 0 bridgehead atoms. The third-order valence-corrected chi connectivity index (χ3v) is 10.4. The number of nitrogens with one attached hydrogen (secondary N) is 3. The minimum absolute atomic E-state index is 0.0728. The average Bonchev–Trinajstić information content (AvgIpc) is 3.89. The van der Waals surface area contributed by atoms with E-state index in [-0.39, 0.29) is 52.3 Å². The summed E-state index contributed by atoms with van der Waals surface area (Å²) in [7, 11) is 0. The van der Waals surface area contributed by atoms with Gasteiger partial charge in [0.1, 0.15) is 24.1 Å². The lowest BCUT2D eigenvalue weighted by Crippen LogP contribution is -2.59. The van der Waals surface area contributed by atoms with Gasteiger partial charge in [-0.2, -0.15) is 0 Å². The normalized spacial score (nSPS) is 23.1. The zero-order valence-electron chi connectivity index (χ0n) is 27.7. The largest absolute Gasteiger partial charge is 0.489 e. The highest BCUT2D eigenvalue weighted by Crippen LogP contribution is 2.47. The molecule has 0 spiro atoms. The number of benzene rings is 2. The van der Waals surface area contributed by atoms with Crippen LogP contribution in [0.3, 0.4) is 0 Å². The highest BCUT2D eigenvalue weighted by molar-refractivity contribution is 6.34. The van der Waals surface area contributed by atoms with Crippen LogP contribution >= 0.6 is 11.6 Å². The summed E-state index contributed by atoms with van der Waals surface area (Å²) in [6.45, 7) is 11.4. The van der Waals surface area contributed by atoms with Gasteiger partial charge in [-0.3, -0.25) is 15.0 Å². The minimum Gasteiger partial charge on any atom is -0.489 e.